The second kappa shape index (κ2) is 3.26. The van der Waals surface area contributed by atoms with Crippen LogP contribution in [0.3, 0.4) is 0 Å². The molecule has 2 aromatic rings. The van der Waals surface area contributed by atoms with Crippen LogP contribution in [-0.2, 0) is 5.41 Å². The fraction of sp³-hybridized carbons (Fsp3) is 0.400. The summed E-state index contributed by atoms with van der Waals surface area (Å²) in [5.74, 6) is -1.09. The lowest BCUT2D eigenvalue weighted by atomic mass is 9.89. The van der Waals surface area contributed by atoms with Crippen LogP contribution in [-0.4, -0.2) is 30.7 Å². The van der Waals surface area contributed by atoms with Gasteiger partial charge in [0.1, 0.15) is 0 Å². The predicted molar refractivity (Wildman–Crippen MR) is 56.4 cm³/mol. The van der Waals surface area contributed by atoms with Crippen LogP contribution in [0.15, 0.2) is 12.4 Å². The van der Waals surface area contributed by atoms with Gasteiger partial charge in [-0.15, -0.1) is 5.10 Å². The first-order valence-corrected chi connectivity index (χ1v) is 4.84. The highest BCUT2D eigenvalue weighted by Crippen LogP contribution is 2.20. The SMILES string of the molecule is CC(C)(C)c1cnc2nc(C(=O)O)nn2c1. The van der Waals surface area contributed by atoms with Crippen molar-refractivity contribution in [2.45, 2.75) is 26.2 Å². The smallest absolute Gasteiger partial charge is 0.375 e. The minimum Gasteiger partial charge on any atom is -0.475 e. The number of nitrogens with zero attached hydrogens (tertiary/aromatic N) is 4. The van der Waals surface area contributed by atoms with Crippen molar-refractivity contribution in [3.8, 4) is 0 Å². The highest BCUT2D eigenvalue weighted by atomic mass is 16.4. The van der Waals surface area contributed by atoms with Crippen LogP contribution < -0.4 is 0 Å². The van der Waals surface area contributed by atoms with Gasteiger partial charge in [-0.25, -0.2) is 14.3 Å². The van der Waals surface area contributed by atoms with Gasteiger partial charge < -0.3 is 5.11 Å². The lowest BCUT2D eigenvalue weighted by molar-refractivity contribution is 0.0684. The first kappa shape index (κ1) is 10.5. The number of carbonyl (C=O) groups is 1. The summed E-state index contributed by atoms with van der Waals surface area (Å²) in [7, 11) is 0. The van der Waals surface area contributed by atoms with E-state index in [1.165, 1.54) is 4.52 Å². The molecule has 0 bridgehead atoms. The van der Waals surface area contributed by atoms with E-state index in [0.29, 0.717) is 5.78 Å². The third-order valence-corrected chi connectivity index (χ3v) is 2.25. The van der Waals surface area contributed by atoms with Gasteiger partial charge in [-0.1, -0.05) is 20.8 Å². The molecular weight excluding hydrogens is 208 g/mol. The van der Waals surface area contributed by atoms with Crippen LogP contribution in [0.5, 0.6) is 0 Å². The Morgan fingerprint density at radius 3 is 2.69 bits per heavy atom. The molecule has 1 N–H and O–H groups in total. The fourth-order valence-electron chi connectivity index (χ4n) is 1.26. The molecule has 6 nitrogen and oxygen atoms in total. The quantitative estimate of drug-likeness (QED) is 0.778. The number of hydrogen-bond acceptors (Lipinski definition) is 4. The summed E-state index contributed by atoms with van der Waals surface area (Å²) in [5.41, 5.74) is 0.915. The van der Waals surface area contributed by atoms with Crippen LogP contribution in [0.1, 0.15) is 37.0 Å². The standard InChI is InChI=1S/C10H12N4O2/c1-10(2,3)6-4-11-9-12-7(8(15)16)13-14(9)5-6/h4-5H,1-3H3,(H,15,16). The summed E-state index contributed by atoms with van der Waals surface area (Å²) in [4.78, 5) is 18.5. The second-order valence-electron chi connectivity index (χ2n) is 4.58. The summed E-state index contributed by atoms with van der Waals surface area (Å²) < 4.78 is 1.39. The van der Waals surface area contributed by atoms with Gasteiger partial charge in [-0.2, -0.15) is 4.98 Å². The minimum atomic E-state index is -1.15. The van der Waals surface area contributed by atoms with Crippen molar-refractivity contribution in [1.29, 1.82) is 0 Å². The number of carboxylic acids is 1. The van der Waals surface area contributed by atoms with E-state index >= 15 is 0 Å². The molecule has 0 aliphatic rings. The first-order chi connectivity index (χ1) is 7.38. The van der Waals surface area contributed by atoms with Crippen molar-refractivity contribution >= 4 is 11.7 Å². The normalized spacial score (nSPS) is 11.9. The molecule has 0 aliphatic carbocycles. The highest BCUT2D eigenvalue weighted by Gasteiger charge is 2.17. The Hall–Kier alpha value is -1.98. The van der Waals surface area contributed by atoms with E-state index in [1.807, 2.05) is 20.8 Å². The van der Waals surface area contributed by atoms with Gasteiger partial charge >= 0.3 is 5.97 Å². The van der Waals surface area contributed by atoms with Crippen molar-refractivity contribution in [3.05, 3.63) is 23.8 Å². The van der Waals surface area contributed by atoms with E-state index in [0.717, 1.165) is 5.56 Å². The molecule has 16 heavy (non-hydrogen) atoms. The zero-order valence-corrected chi connectivity index (χ0v) is 9.30. The molecule has 0 aromatic carbocycles. The molecule has 0 fully saturated rings. The molecule has 2 aromatic heterocycles. The third kappa shape index (κ3) is 1.73. The maximum absolute atomic E-state index is 10.7. The van der Waals surface area contributed by atoms with Crippen LogP contribution in [0.4, 0.5) is 0 Å². The van der Waals surface area contributed by atoms with Crippen molar-refractivity contribution in [2.24, 2.45) is 0 Å². The molecule has 0 saturated heterocycles. The van der Waals surface area contributed by atoms with E-state index in [1.54, 1.807) is 12.4 Å². The topological polar surface area (TPSA) is 80.4 Å². The van der Waals surface area contributed by atoms with E-state index in [9.17, 15) is 4.79 Å². The average molecular weight is 220 g/mol. The Kier molecular flexibility index (Phi) is 2.15. The number of fused-ring (bicyclic) bond motifs is 1. The Bertz CT molecular complexity index is 553. The molecule has 2 heterocycles. The van der Waals surface area contributed by atoms with Crippen molar-refractivity contribution in [2.75, 3.05) is 0 Å². The molecule has 0 unspecified atom stereocenters. The van der Waals surface area contributed by atoms with Crippen molar-refractivity contribution in [1.82, 2.24) is 19.6 Å². The summed E-state index contributed by atoms with van der Waals surface area (Å²) in [5, 5.41) is 12.6. The Labute approximate surface area is 92.0 Å². The molecule has 0 atom stereocenters. The van der Waals surface area contributed by atoms with Crippen molar-refractivity contribution in [3.63, 3.8) is 0 Å². The van der Waals surface area contributed by atoms with Gasteiger partial charge in [-0.3, -0.25) is 0 Å². The summed E-state index contributed by atoms with van der Waals surface area (Å²) in [6, 6.07) is 0. The highest BCUT2D eigenvalue weighted by molar-refractivity contribution is 5.83. The van der Waals surface area contributed by atoms with Gasteiger partial charge in [0.2, 0.25) is 0 Å². The zero-order chi connectivity index (χ0) is 11.9. The Morgan fingerprint density at radius 2 is 2.12 bits per heavy atom. The van der Waals surface area contributed by atoms with E-state index in [2.05, 4.69) is 15.1 Å². The minimum absolute atomic E-state index is 0.0590. The lowest BCUT2D eigenvalue weighted by Crippen LogP contribution is -2.13. The Morgan fingerprint density at radius 1 is 1.44 bits per heavy atom. The second-order valence-corrected chi connectivity index (χ2v) is 4.58. The largest absolute Gasteiger partial charge is 0.475 e. The fourth-order valence-corrected chi connectivity index (χ4v) is 1.26. The maximum Gasteiger partial charge on any atom is 0.375 e. The van der Waals surface area contributed by atoms with E-state index in [-0.39, 0.29) is 11.2 Å². The van der Waals surface area contributed by atoms with Gasteiger partial charge in [0, 0.05) is 12.4 Å². The lowest BCUT2D eigenvalue weighted by Gasteiger charge is -2.17. The molecule has 0 saturated carbocycles. The monoisotopic (exact) mass is 220 g/mol. The summed E-state index contributed by atoms with van der Waals surface area (Å²) in [6.45, 7) is 6.14. The molecule has 0 radical (unpaired) electrons. The summed E-state index contributed by atoms with van der Waals surface area (Å²) in [6.07, 6.45) is 3.44. The average Bonchev–Trinajstić information content (AvgIpc) is 2.58. The predicted octanol–water partition coefficient (Wildman–Crippen LogP) is 1.12. The number of aromatic carboxylic acids is 1. The van der Waals surface area contributed by atoms with Gasteiger partial charge in [0.25, 0.3) is 11.6 Å². The molecule has 2 rings (SSSR count). The molecule has 84 valence electrons. The maximum atomic E-state index is 10.7. The Balaban J connectivity index is 2.58. The molecule has 0 amide bonds. The number of aromatic nitrogens is 4. The van der Waals surface area contributed by atoms with E-state index < -0.39 is 5.97 Å². The third-order valence-electron chi connectivity index (χ3n) is 2.25. The number of carboxylic acid groups (broad SMARTS) is 1. The van der Waals surface area contributed by atoms with Crippen LogP contribution in [0.25, 0.3) is 5.78 Å². The number of rotatable bonds is 1. The van der Waals surface area contributed by atoms with Crippen LogP contribution in [0.2, 0.25) is 0 Å². The number of hydrogen-bond donors (Lipinski definition) is 1. The molecule has 6 heteroatoms. The molecular formula is C10H12N4O2. The van der Waals surface area contributed by atoms with Crippen molar-refractivity contribution < 1.29 is 9.90 Å². The van der Waals surface area contributed by atoms with Gasteiger partial charge in [0.15, 0.2) is 0 Å². The molecule has 0 spiro atoms. The van der Waals surface area contributed by atoms with Crippen LogP contribution >= 0.6 is 0 Å². The van der Waals surface area contributed by atoms with Crippen LogP contribution in [0, 0.1) is 0 Å². The summed E-state index contributed by atoms with van der Waals surface area (Å²) >= 11 is 0. The van der Waals surface area contributed by atoms with Gasteiger partial charge in [0.05, 0.1) is 0 Å². The van der Waals surface area contributed by atoms with Gasteiger partial charge in [-0.05, 0) is 11.0 Å². The first-order valence-electron chi connectivity index (χ1n) is 4.84. The zero-order valence-electron chi connectivity index (χ0n) is 9.30. The van der Waals surface area contributed by atoms with E-state index in [4.69, 9.17) is 5.11 Å². The molecule has 0 aliphatic heterocycles.